The van der Waals surface area contributed by atoms with E-state index in [1.807, 2.05) is 7.05 Å². The third-order valence-corrected chi connectivity index (χ3v) is 2.87. The molecule has 0 aliphatic heterocycles. The molecule has 0 aromatic heterocycles. The van der Waals surface area contributed by atoms with Crippen molar-refractivity contribution in [1.82, 2.24) is 10.9 Å². The molecule has 0 atom stereocenters. The van der Waals surface area contributed by atoms with E-state index in [1.54, 1.807) is 5.57 Å². The van der Waals surface area contributed by atoms with Gasteiger partial charge in [0.05, 0.1) is 0 Å². The standard InChI is InChI=1S/C14H30N2/c1-4-6-8-10-12-14(13-16-15-3)11-9-7-5-2/h13,15-16H,4-12H2,1-3H3/b14-13+. The highest BCUT2D eigenvalue weighted by Crippen LogP contribution is 2.16. The van der Waals surface area contributed by atoms with E-state index in [2.05, 4.69) is 30.9 Å². The van der Waals surface area contributed by atoms with Crippen LogP contribution < -0.4 is 10.9 Å². The van der Waals surface area contributed by atoms with E-state index in [9.17, 15) is 0 Å². The van der Waals surface area contributed by atoms with Crippen LogP contribution in [0, 0.1) is 0 Å². The van der Waals surface area contributed by atoms with Crippen molar-refractivity contribution in [3.8, 4) is 0 Å². The molecule has 0 aromatic carbocycles. The Labute approximate surface area is 102 Å². The molecule has 0 rings (SSSR count). The fourth-order valence-electron chi connectivity index (χ4n) is 1.82. The van der Waals surface area contributed by atoms with Crippen LogP contribution in [0.4, 0.5) is 0 Å². The molecule has 0 saturated heterocycles. The van der Waals surface area contributed by atoms with E-state index in [0.29, 0.717) is 0 Å². The summed E-state index contributed by atoms with van der Waals surface area (Å²) in [5, 5.41) is 0. The molecule has 0 unspecified atom stereocenters. The molecule has 16 heavy (non-hydrogen) atoms. The largest absolute Gasteiger partial charge is 0.329 e. The van der Waals surface area contributed by atoms with Gasteiger partial charge in [-0.2, -0.15) is 0 Å². The maximum atomic E-state index is 3.10. The van der Waals surface area contributed by atoms with Crippen LogP contribution in [-0.4, -0.2) is 7.05 Å². The van der Waals surface area contributed by atoms with Gasteiger partial charge in [0.25, 0.3) is 0 Å². The summed E-state index contributed by atoms with van der Waals surface area (Å²) in [6.07, 6.45) is 14.1. The summed E-state index contributed by atoms with van der Waals surface area (Å²) in [7, 11) is 1.91. The van der Waals surface area contributed by atoms with E-state index < -0.39 is 0 Å². The summed E-state index contributed by atoms with van der Waals surface area (Å²) in [4.78, 5) is 0. The van der Waals surface area contributed by atoms with Crippen LogP contribution in [0.25, 0.3) is 0 Å². The van der Waals surface area contributed by atoms with Crippen molar-refractivity contribution in [1.29, 1.82) is 0 Å². The van der Waals surface area contributed by atoms with Crippen LogP contribution in [0.1, 0.15) is 71.6 Å². The van der Waals surface area contributed by atoms with Gasteiger partial charge in [0.15, 0.2) is 0 Å². The summed E-state index contributed by atoms with van der Waals surface area (Å²) < 4.78 is 0. The van der Waals surface area contributed by atoms with Crippen LogP contribution in [0.2, 0.25) is 0 Å². The van der Waals surface area contributed by atoms with Gasteiger partial charge >= 0.3 is 0 Å². The van der Waals surface area contributed by atoms with Gasteiger partial charge in [0.2, 0.25) is 0 Å². The third kappa shape index (κ3) is 10.0. The molecule has 0 radical (unpaired) electrons. The molecule has 0 heterocycles. The molecule has 0 fully saturated rings. The van der Waals surface area contributed by atoms with Crippen molar-refractivity contribution in [3.05, 3.63) is 11.8 Å². The summed E-state index contributed by atoms with van der Waals surface area (Å²) >= 11 is 0. The molecule has 0 aliphatic carbocycles. The molecule has 0 amide bonds. The van der Waals surface area contributed by atoms with Crippen LogP contribution >= 0.6 is 0 Å². The molecule has 2 nitrogen and oxygen atoms in total. The van der Waals surface area contributed by atoms with Crippen molar-refractivity contribution < 1.29 is 0 Å². The normalized spacial score (nSPS) is 11.8. The monoisotopic (exact) mass is 226 g/mol. The molecule has 0 saturated carbocycles. The zero-order valence-corrected chi connectivity index (χ0v) is 11.4. The lowest BCUT2D eigenvalue weighted by Crippen LogP contribution is -2.21. The average molecular weight is 226 g/mol. The van der Waals surface area contributed by atoms with Crippen molar-refractivity contribution >= 4 is 0 Å². The number of hydrogen-bond donors (Lipinski definition) is 2. The van der Waals surface area contributed by atoms with Gasteiger partial charge in [-0.15, -0.1) is 0 Å². The Hall–Kier alpha value is -0.500. The first-order chi connectivity index (χ1) is 7.85. The van der Waals surface area contributed by atoms with Gasteiger partial charge in [0.1, 0.15) is 0 Å². The minimum absolute atomic E-state index is 1.26. The summed E-state index contributed by atoms with van der Waals surface area (Å²) in [6.45, 7) is 4.52. The zero-order chi connectivity index (χ0) is 12.1. The van der Waals surface area contributed by atoms with Gasteiger partial charge in [-0.25, -0.2) is 5.43 Å². The Morgan fingerprint density at radius 1 is 0.875 bits per heavy atom. The SMILES string of the molecule is CCCCCC/C(=C/NNC)CCCCC. The van der Waals surface area contributed by atoms with Gasteiger partial charge in [-0.05, 0) is 25.7 Å². The maximum absolute atomic E-state index is 3.10. The lowest BCUT2D eigenvalue weighted by molar-refractivity contribution is 0.625. The Bertz CT molecular complexity index is 164. The van der Waals surface area contributed by atoms with Crippen LogP contribution in [0.5, 0.6) is 0 Å². The molecular weight excluding hydrogens is 196 g/mol. The number of rotatable bonds is 11. The third-order valence-electron chi connectivity index (χ3n) is 2.87. The summed E-state index contributed by atoms with van der Waals surface area (Å²) in [5.41, 5.74) is 7.64. The molecule has 0 aliphatic rings. The number of hydrogen-bond acceptors (Lipinski definition) is 2. The highest BCUT2D eigenvalue weighted by molar-refractivity contribution is 5.00. The van der Waals surface area contributed by atoms with Crippen molar-refractivity contribution in [3.63, 3.8) is 0 Å². The van der Waals surface area contributed by atoms with Gasteiger partial charge < -0.3 is 5.43 Å². The molecule has 2 N–H and O–H groups in total. The molecule has 96 valence electrons. The van der Waals surface area contributed by atoms with E-state index in [-0.39, 0.29) is 0 Å². The second-order valence-corrected chi connectivity index (χ2v) is 4.46. The molecule has 0 aromatic rings. The highest BCUT2D eigenvalue weighted by Gasteiger charge is 1.98. The number of hydrazine groups is 1. The van der Waals surface area contributed by atoms with Gasteiger partial charge in [-0.3, -0.25) is 0 Å². The smallest absolute Gasteiger partial charge is 0.0117 e. The summed E-state index contributed by atoms with van der Waals surface area (Å²) in [6, 6.07) is 0. The van der Waals surface area contributed by atoms with Crippen LogP contribution in [0.3, 0.4) is 0 Å². The minimum atomic E-state index is 1.26. The second kappa shape index (κ2) is 12.6. The molecule has 2 heteroatoms. The van der Waals surface area contributed by atoms with Crippen molar-refractivity contribution in [2.45, 2.75) is 71.6 Å². The van der Waals surface area contributed by atoms with Crippen LogP contribution in [0.15, 0.2) is 11.8 Å². The van der Waals surface area contributed by atoms with Gasteiger partial charge in [-0.1, -0.05) is 51.5 Å². The minimum Gasteiger partial charge on any atom is -0.329 e. The molecular formula is C14H30N2. The molecule has 0 spiro atoms. The van der Waals surface area contributed by atoms with Crippen molar-refractivity contribution in [2.75, 3.05) is 7.05 Å². The second-order valence-electron chi connectivity index (χ2n) is 4.46. The lowest BCUT2D eigenvalue weighted by atomic mass is 10.0. The highest BCUT2D eigenvalue weighted by atomic mass is 15.3. The number of allylic oxidation sites excluding steroid dienone is 1. The fourth-order valence-corrected chi connectivity index (χ4v) is 1.82. The van der Waals surface area contributed by atoms with Gasteiger partial charge in [0, 0.05) is 13.2 Å². The first kappa shape index (κ1) is 15.5. The predicted molar refractivity (Wildman–Crippen MR) is 73.2 cm³/mol. The van der Waals surface area contributed by atoms with E-state index in [4.69, 9.17) is 0 Å². The fraction of sp³-hybridized carbons (Fsp3) is 0.857. The van der Waals surface area contributed by atoms with E-state index in [0.717, 1.165) is 0 Å². The first-order valence-corrected chi connectivity index (χ1v) is 6.95. The quantitative estimate of drug-likeness (QED) is 0.408. The Morgan fingerprint density at radius 2 is 1.44 bits per heavy atom. The first-order valence-electron chi connectivity index (χ1n) is 6.95. The number of nitrogens with one attached hydrogen (secondary N) is 2. The number of unbranched alkanes of at least 4 members (excludes halogenated alkanes) is 5. The Morgan fingerprint density at radius 3 is 2.00 bits per heavy atom. The van der Waals surface area contributed by atoms with Crippen molar-refractivity contribution in [2.24, 2.45) is 0 Å². The molecule has 0 bridgehead atoms. The lowest BCUT2D eigenvalue weighted by Gasteiger charge is -2.08. The maximum Gasteiger partial charge on any atom is 0.0117 e. The van der Waals surface area contributed by atoms with Crippen LogP contribution in [-0.2, 0) is 0 Å². The Balaban J connectivity index is 3.72. The van der Waals surface area contributed by atoms with E-state index >= 15 is 0 Å². The zero-order valence-electron chi connectivity index (χ0n) is 11.4. The predicted octanol–water partition coefficient (Wildman–Crippen LogP) is 4.15. The topological polar surface area (TPSA) is 24.1 Å². The summed E-state index contributed by atoms with van der Waals surface area (Å²) in [5.74, 6) is 0. The van der Waals surface area contributed by atoms with E-state index in [1.165, 1.54) is 57.8 Å². The average Bonchev–Trinajstić information content (AvgIpc) is 2.31. The Kier molecular flexibility index (Phi) is 12.2.